The fourth-order valence-corrected chi connectivity index (χ4v) is 2.88. The summed E-state index contributed by atoms with van der Waals surface area (Å²) in [5, 5.41) is 8.32. The Kier molecular flexibility index (Phi) is 5.79. The predicted octanol–water partition coefficient (Wildman–Crippen LogP) is 4.82. The summed E-state index contributed by atoms with van der Waals surface area (Å²) in [5.74, 6) is 0.812. The summed E-state index contributed by atoms with van der Waals surface area (Å²) in [6.07, 6.45) is 8.15. The first kappa shape index (κ1) is 17.2. The molecule has 0 saturated heterocycles. The average molecular weight is 279 g/mol. The first-order chi connectivity index (χ1) is 9.16. The molecule has 0 aliphatic heterocycles. The SMILES string of the molecule is CCCC(CCCc1cnnn1C(C)(C)C)C(C)(C)C. The molecule has 1 unspecified atom stereocenters. The maximum atomic E-state index is 4.24. The normalized spacial score (nSPS) is 14.6. The highest BCUT2D eigenvalue weighted by Gasteiger charge is 2.24. The molecule has 0 aliphatic rings. The van der Waals surface area contributed by atoms with Crippen molar-refractivity contribution in [2.24, 2.45) is 11.3 Å². The van der Waals surface area contributed by atoms with Crippen LogP contribution in [0.5, 0.6) is 0 Å². The minimum Gasteiger partial charge on any atom is -0.244 e. The van der Waals surface area contributed by atoms with Crippen LogP contribution >= 0.6 is 0 Å². The Labute approximate surface area is 125 Å². The summed E-state index contributed by atoms with van der Waals surface area (Å²) in [5.41, 5.74) is 1.71. The Morgan fingerprint density at radius 2 is 1.75 bits per heavy atom. The van der Waals surface area contributed by atoms with Crippen LogP contribution in [0.25, 0.3) is 0 Å². The molecule has 0 aromatic carbocycles. The molecule has 0 N–H and O–H groups in total. The van der Waals surface area contributed by atoms with E-state index >= 15 is 0 Å². The second-order valence-corrected chi connectivity index (χ2v) is 8.05. The van der Waals surface area contributed by atoms with Gasteiger partial charge in [-0.15, -0.1) is 5.10 Å². The molecule has 1 rings (SSSR count). The molecule has 1 heterocycles. The molecule has 0 saturated carbocycles. The highest BCUT2D eigenvalue weighted by molar-refractivity contribution is 4.98. The molecule has 0 spiro atoms. The van der Waals surface area contributed by atoms with E-state index in [1.54, 1.807) is 0 Å². The van der Waals surface area contributed by atoms with Gasteiger partial charge in [0.1, 0.15) is 0 Å². The van der Waals surface area contributed by atoms with Crippen molar-refractivity contribution in [3.8, 4) is 0 Å². The molecule has 3 heteroatoms. The average Bonchev–Trinajstić information content (AvgIpc) is 2.74. The zero-order chi connectivity index (χ0) is 15.4. The maximum absolute atomic E-state index is 4.24. The van der Waals surface area contributed by atoms with E-state index in [1.165, 1.54) is 31.4 Å². The van der Waals surface area contributed by atoms with Gasteiger partial charge in [0.15, 0.2) is 0 Å². The lowest BCUT2D eigenvalue weighted by atomic mass is 9.75. The second kappa shape index (κ2) is 6.73. The molecule has 0 radical (unpaired) electrons. The fourth-order valence-electron chi connectivity index (χ4n) is 2.88. The lowest BCUT2D eigenvalue weighted by Crippen LogP contribution is -2.25. The van der Waals surface area contributed by atoms with E-state index in [1.807, 2.05) is 6.20 Å². The van der Waals surface area contributed by atoms with E-state index in [-0.39, 0.29) is 5.54 Å². The van der Waals surface area contributed by atoms with E-state index < -0.39 is 0 Å². The van der Waals surface area contributed by atoms with Crippen LogP contribution in [-0.2, 0) is 12.0 Å². The first-order valence-corrected chi connectivity index (χ1v) is 8.06. The smallest absolute Gasteiger partial charge is 0.0725 e. The number of hydrogen-bond acceptors (Lipinski definition) is 2. The summed E-state index contributed by atoms with van der Waals surface area (Å²) < 4.78 is 2.07. The van der Waals surface area contributed by atoms with Crippen LogP contribution in [-0.4, -0.2) is 15.0 Å². The van der Waals surface area contributed by atoms with Gasteiger partial charge in [0.2, 0.25) is 0 Å². The molecule has 0 fully saturated rings. The number of nitrogens with zero attached hydrogens (tertiary/aromatic N) is 3. The minimum atomic E-state index is 0.0265. The summed E-state index contributed by atoms with van der Waals surface area (Å²) in [6.45, 7) is 15.9. The van der Waals surface area contributed by atoms with E-state index in [2.05, 4.69) is 63.5 Å². The topological polar surface area (TPSA) is 30.7 Å². The summed E-state index contributed by atoms with van der Waals surface area (Å²) >= 11 is 0. The molecule has 20 heavy (non-hydrogen) atoms. The van der Waals surface area contributed by atoms with Gasteiger partial charge in [-0.3, -0.25) is 0 Å². The Hall–Kier alpha value is -0.860. The van der Waals surface area contributed by atoms with Gasteiger partial charge in [-0.25, -0.2) is 4.68 Å². The van der Waals surface area contributed by atoms with Crippen molar-refractivity contribution in [1.82, 2.24) is 15.0 Å². The Morgan fingerprint density at radius 3 is 2.25 bits per heavy atom. The summed E-state index contributed by atoms with van der Waals surface area (Å²) in [6, 6.07) is 0. The Balaban J connectivity index is 2.58. The number of rotatable bonds is 6. The third-order valence-corrected chi connectivity index (χ3v) is 4.10. The molecule has 1 aromatic rings. The third-order valence-electron chi connectivity index (χ3n) is 4.10. The van der Waals surface area contributed by atoms with Gasteiger partial charge in [0, 0.05) is 0 Å². The molecule has 1 atom stereocenters. The van der Waals surface area contributed by atoms with E-state index in [0.717, 1.165) is 12.3 Å². The zero-order valence-corrected chi connectivity index (χ0v) is 14.5. The van der Waals surface area contributed by atoms with Crippen LogP contribution in [0.15, 0.2) is 6.20 Å². The molecule has 116 valence electrons. The molecule has 0 bridgehead atoms. The van der Waals surface area contributed by atoms with Crippen LogP contribution in [0.1, 0.15) is 79.8 Å². The highest BCUT2D eigenvalue weighted by Crippen LogP contribution is 2.33. The quantitative estimate of drug-likeness (QED) is 0.747. The van der Waals surface area contributed by atoms with Crippen molar-refractivity contribution in [1.29, 1.82) is 0 Å². The second-order valence-electron chi connectivity index (χ2n) is 8.05. The van der Waals surface area contributed by atoms with Gasteiger partial charge in [-0.1, -0.05) is 45.7 Å². The van der Waals surface area contributed by atoms with E-state index in [4.69, 9.17) is 0 Å². The van der Waals surface area contributed by atoms with Crippen molar-refractivity contribution in [3.05, 3.63) is 11.9 Å². The van der Waals surface area contributed by atoms with Crippen molar-refractivity contribution >= 4 is 0 Å². The Morgan fingerprint density at radius 1 is 1.10 bits per heavy atom. The highest BCUT2D eigenvalue weighted by atomic mass is 15.4. The number of hydrogen-bond donors (Lipinski definition) is 0. The van der Waals surface area contributed by atoms with Crippen molar-refractivity contribution in [3.63, 3.8) is 0 Å². The largest absolute Gasteiger partial charge is 0.244 e. The van der Waals surface area contributed by atoms with E-state index in [0.29, 0.717) is 5.41 Å². The zero-order valence-electron chi connectivity index (χ0n) is 14.5. The third kappa shape index (κ3) is 4.92. The van der Waals surface area contributed by atoms with Crippen LogP contribution in [0.2, 0.25) is 0 Å². The summed E-state index contributed by atoms with van der Waals surface area (Å²) in [7, 11) is 0. The molecule has 3 nitrogen and oxygen atoms in total. The number of aromatic nitrogens is 3. The van der Waals surface area contributed by atoms with Gasteiger partial charge in [-0.2, -0.15) is 0 Å². The lowest BCUT2D eigenvalue weighted by molar-refractivity contribution is 0.205. The molecule has 0 amide bonds. The maximum Gasteiger partial charge on any atom is 0.0725 e. The van der Waals surface area contributed by atoms with Crippen molar-refractivity contribution in [2.75, 3.05) is 0 Å². The van der Waals surface area contributed by atoms with Gasteiger partial charge in [0.05, 0.1) is 17.4 Å². The monoisotopic (exact) mass is 279 g/mol. The van der Waals surface area contributed by atoms with Crippen LogP contribution in [0.3, 0.4) is 0 Å². The standard InChI is InChI=1S/C17H33N3/c1-8-10-14(16(2,3)4)11-9-12-15-13-18-19-20(15)17(5,6)7/h13-14H,8-12H2,1-7H3. The van der Waals surface area contributed by atoms with Crippen molar-refractivity contribution in [2.45, 2.75) is 86.1 Å². The molecule has 1 aromatic heterocycles. The summed E-state index contributed by atoms with van der Waals surface area (Å²) in [4.78, 5) is 0. The molecule has 0 aliphatic carbocycles. The van der Waals surface area contributed by atoms with Gasteiger partial charge < -0.3 is 0 Å². The van der Waals surface area contributed by atoms with Crippen molar-refractivity contribution < 1.29 is 0 Å². The Bertz CT molecular complexity index is 393. The van der Waals surface area contributed by atoms with E-state index in [9.17, 15) is 0 Å². The predicted molar refractivity (Wildman–Crippen MR) is 85.8 cm³/mol. The van der Waals surface area contributed by atoms with Crippen LogP contribution in [0.4, 0.5) is 0 Å². The molecular formula is C17H33N3. The lowest BCUT2D eigenvalue weighted by Gasteiger charge is -2.31. The fraction of sp³-hybridized carbons (Fsp3) is 0.882. The van der Waals surface area contributed by atoms with Gasteiger partial charge in [0.25, 0.3) is 0 Å². The molecular weight excluding hydrogens is 246 g/mol. The number of aryl methyl sites for hydroxylation is 1. The van der Waals surface area contributed by atoms with Gasteiger partial charge >= 0.3 is 0 Å². The van der Waals surface area contributed by atoms with Crippen LogP contribution < -0.4 is 0 Å². The minimum absolute atomic E-state index is 0.0265. The van der Waals surface area contributed by atoms with Gasteiger partial charge in [-0.05, 0) is 51.4 Å². The van der Waals surface area contributed by atoms with Crippen LogP contribution in [0, 0.1) is 11.3 Å². The first-order valence-electron chi connectivity index (χ1n) is 8.06.